The first kappa shape index (κ1) is 15.4. The van der Waals surface area contributed by atoms with Crippen LogP contribution in [-0.4, -0.2) is 48.9 Å². The molecule has 1 fully saturated rings. The average Bonchev–Trinajstić information content (AvgIpc) is 3.05. The van der Waals surface area contributed by atoms with E-state index in [-0.39, 0.29) is 29.8 Å². The van der Waals surface area contributed by atoms with Crippen LogP contribution in [0.15, 0.2) is 23.4 Å². The molecule has 1 saturated heterocycles. The van der Waals surface area contributed by atoms with Gasteiger partial charge in [-0.05, 0) is 18.6 Å². The zero-order chi connectivity index (χ0) is 17.7. The summed E-state index contributed by atoms with van der Waals surface area (Å²) in [4.78, 5) is 45.7. The van der Waals surface area contributed by atoms with E-state index in [0.717, 1.165) is 11.5 Å². The number of Topliss-reactive ketones (excluding diaryl/α,β-unsaturated/α-hetero) is 1. The molecule has 126 valence electrons. The Morgan fingerprint density at radius 3 is 2.68 bits per heavy atom. The lowest BCUT2D eigenvalue weighted by atomic mass is 10.1. The number of ketones is 1. The maximum atomic E-state index is 12.6. The number of carboxylic acids is 1. The summed E-state index contributed by atoms with van der Waals surface area (Å²) < 4.78 is 5.38. The van der Waals surface area contributed by atoms with Crippen molar-refractivity contribution < 1.29 is 14.7 Å². The van der Waals surface area contributed by atoms with Gasteiger partial charge < -0.3 is 10.0 Å². The lowest BCUT2D eigenvalue weighted by Crippen LogP contribution is -2.47. The molecule has 0 aromatic carbocycles. The van der Waals surface area contributed by atoms with Gasteiger partial charge in [0.15, 0.2) is 11.4 Å². The number of nitrogens with zero attached hydrogens (tertiary/aromatic N) is 5. The van der Waals surface area contributed by atoms with Gasteiger partial charge in [0.25, 0.3) is 0 Å². The van der Waals surface area contributed by atoms with Crippen LogP contribution >= 0.6 is 11.5 Å². The lowest BCUT2D eigenvalue weighted by Gasteiger charge is -2.30. The summed E-state index contributed by atoms with van der Waals surface area (Å²) in [6.45, 7) is 2.26. The first-order valence-electron chi connectivity index (χ1n) is 7.29. The van der Waals surface area contributed by atoms with Crippen molar-refractivity contribution in [2.24, 2.45) is 0 Å². The third-order valence-corrected chi connectivity index (χ3v) is 4.65. The summed E-state index contributed by atoms with van der Waals surface area (Å²) in [6, 6.07) is 1.69. The second-order valence-corrected chi connectivity index (χ2v) is 6.42. The van der Waals surface area contributed by atoms with Gasteiger partial charge in [0.1, 0.15) is 17.7 Å². The van der Waals surface area contributed by atoms with E-state index >= 15 is 0 Å². The Morgan fingerprint density at radius 2 is 2.08 bits per heavy atom. The molecule has 3 aromatic heterocycles. The number of fused-ring (bicyclic) bond motifs is 1. The Hall–Kier alpha value is -3.14. The van der Waals surface area contributed by atoms with Gasteiger partial charge in [-0.1, -0.05) is 0 Å². The molecule has 10 heteroatoms. The van der Waals surface area contributed by atoms with Gasteiger partial charge in [0, 0.05) is 17.7 Å². The number of carboxylic acid groups (broad SMARTS) is 1. The number of pyridine rings is 2. The van der Waals surface area contributed by atoms with Gasteiger partial charge in [-0.3, -0.25) is 14.2 Å². The normalized spacial score (nSPS) is 14.0. The monoisotopic (exact) mass is 357 g/mol. The third kappa shape index (κ3) is 2.38. The highest BCUT2D eigenvalue weighted by molar-refractivity contribution is 7.08. The Bertz CT molecular complexity index is 1080. The fraction of sp³-hybridized carbons (Fsp3) is 0.200. The molecule has 0 spiro atoms. The van der Waals surface area contributed by atoms with Crippen molar-refractivity contribution in [3.8, 4) is 5.13 Å². The van der Waals surface area contributed by atoms with Crippen LogP contribution in [0.3, 0.4) is 0 Å². The number of aromatic nitrogens is 4. The minimum Gasteiger partial charge on any atom is -0.477 e. The molecule has 0 radical (unpaired) electrons. The third-order valence-electron chi connectivity index (χ3n) is 3.99. The van der Waals surface area contributed by atoms with E-state index in [0.29, 0.717) is 22.2 Å². The van der Waals surface area contributed by atoms with Crippen LogP contribution in [0.1, 0.15) is 15.9 Å². The summed E-state index contributed by atoms with van der Waals surface area (Å²) in [5.41, 5.74) is -0.0780. The quantitative estimate of drug-likeness (QED) is 0.725. The highest BCUT2D eigenvalue weighted by Gasteiger charge is 2.27. The number of aromatic carboxylic acids is 1. The molecule has 1 aliphatic heterocycles. The van der Waals surface area contributed by atoms with E-state index in [9.17, 15) is 19.5 Å². The first-order valence-corrected chi connectivity index (χ1v) is 8.07. The van der Waals surface area contributed by atoms with E-state index in [1.807, 2.05) is 0 Å². The van der Waals surface area contributed by atoms with Gasteiger partial charge in [-0.25, -0.2) is 14.8 Å². The molecule has 0 atom stereocenters. The van der Waals surface area contributed by atoms with Crippen LogP contribution in [-0.2, 0) is 4.79 Å². The number of carbonyl (C=O) groups excluding carboxylic acids is 1. The molecule has 9 nitrogen and oxygen atoms in total. The van der Waals surface area contributed by atoms with Crippen molar-refractivity contribution in [1.29, 1.82) is 0 Å². The molecule has 25 heavy (non-hydrogen) atoms. The zero-order valence-electron chi connectivity index (χ0n) is 13.0. The second-order valence-electron chi connectivity index (χ2n) is 5.66. The molecule has 0 bridgehead atoms. The van der Waals surface area contributed by atoms with Crippen LogP contribution in [0.2, 0.25) is 0 Å². The van der Waals surface area contributed by atoms with Crippen molar-refractivity contribution in [1.82, 2.24) is 18.9 Å². The Morgan fingerprint density at radius 1 is 1.32 bits per heavy atom. The second kappa shape index (κ2) is 5.45. The lowest BCUT2D eigenvalue weighted by molar-refractivity contribution is -0.119. The number of hydrogen-bond donors (Lipinski definition) is 1. The van der Waals surface area contributed by atoms with Gasteiger partial charge in [0.05, 0.1) is 18.5 Å². The van der Waals surface area contributed by atoms with Gasteiger partial charge in [-0.2, -0.15) is 4.37 Å². The van der Waals surface area contributed by atoms with Crippen LogP contribution < -0.4 is 10.3 Å². The fourth-order valence-corrected chi connectivity index (χ4v) is 3.26. The van der Waals surface area contributed by atoms with Crippen LogP contribution in [0.5, 0.6) is 0 Å². The highest BCUT2D eigenvalue weighted by atomic mass is 32.1. The molecule has 4 heterocycles. The summed E-state index contributed by atoms with van der Waals surface area (Å²) >= 11 is 1.06. The number of hydrogen-bond acceptors (Lipinski definition) is 8. The smallest absolute Gasteiger partial charge is 0.341 e. The Kier molecular flexibility index (Phi) is 3.35. The molecule has 1 N–H and O–H groups in total. The SMILES string of the molecule is Cc1cc(N2CC(=O)C2)nc2c1c(=O)c(C(=O)O)cn2-c1ncns1. The van der Waals surface area contributed by atoms with Crippen LogP contribution in [0.4, 0.5) is 5.82 Å². The summed E-state index contributed by atoms with van der Waals surface area (Å²) in [5.74, 6) is -0.644. The van der Waals surface area contributed by atoms with E-state index in [4.69, 9.17) is 0 Å². The first-order chi connectivity index (χ1) is 12.0. The molecule has 4 rings (SSSR count). The van der Waals surface area contributed by atoms with Gasteiger partial charge >= 0.3 is 5.97 Å². The van der Waals surface area contributed by atoms with Crippen molar-refractivity contribution in [3.05, 3.63) is 39.9 Å². The highest BCUT2D eigenvalue weighted by Crippen LogP contribution is 2.25. The fourth-order valence-electron chi connectivity index (χ4n) is 2.75. The minimum atomic E-state index is -1.32. The molecular formula is C15H11N5O4S. The molecule has 0 amide bonds. The van der Waals surface area contributed by atoms with Crippen molar-refractivity contribution in [2.45, 2.75) is 6.92 Å². The minimum absolute atomic E-state index is 0.113. The predicted octanol–water partition coefficient (Wildman–Crippen LogP) is 0.633. The Balaban J connectivity index is 2.06. The Labute approximate surface area is 144 Å². The molecule has 0 unspecified atom stereocenters. The van der Waals surface area contributed by atoms with Crippen molar-refractivity contribution >= 4 is 40.1 Å². The largest absolute Gasteiger partial charge is 0.477 e. The van der Waals surface area contributed by atoms with E-state index in [1.54, 1.807) is 17.9 Å². The topological polar surface area (TPSA) is 118 Å². The number of rotatable bonds is 3. The summed E-state index contributed by atoms with van der Waals surface area (Å²) in [7, 11) is 0. The van der Waals surface area contributed by atoms with Crippen molar-refractivity contribution in [2.75, 3.05) is 18.0 Å². The van der Waals surface area contributed by atoms with Gasteiger partial charge in [-0.15, -0.1) is 0 Å². The average molecular weight is 357 g/mol. The maximum absolute atomic E-state index is 12.6. The standard InChI is InChI=1S/C15H11N5O4S/c1-7-2-10(19-3-8(21)4-19)18-13-11(7)12(22)9(14(23)24)5-20(13)15-16-6-17-25-15/h2,5-6H,3-4H2,1H3,(H,23,24). The summed E-state index contributed by atoms with van der Waals surface area (Å²) in [5, 5.41) is 9.96. The zero-order valence-corrected chi connectivity index (χ0v) is 13.8. The molecule has 1 aliphatic rings. The van der Waals surface area contributed by atoms with E-state index in [1.165, 1.54) is 17.1 Å². The predicted molar refractivity (Wildman–Crippen MR) is 89.7 cm³/mol. The molecule has 0 saturated carbocycles. The van der Waals surface area contributed by atoms with Crippen LogP contribution in [0.25, 0.3) is 16.2 Å². The number of carbonyl (C=O) groups is 2. The molecular weight excluding hydrogens is 346 g/mol. The van der Waals surface area contributed by atoms with Gasteiger partial charge in [0.2, 0.25) is 10.6 Å². The van der Waals surface area contributed by atoms with Crippen molar-refractivity contribution in [3.63, 3.8) is 0 Å². The number of anilines is 1. The summed E-state index contributed by atoms with van der Waals surface area (Å²) in [6.07, 6.45) is 2.56. The molecule has 0 aliphatic carbocycles. The van der Waals surface area contributed by atoms with Crippen LogP contribution in [0, 0.1) is 6.92 Å². The van der Waals surface area contributed by atoms with E-state index < -0.39 is 11.4 Å². The molecule has 3 aromatic rings. The number of aryl methyl sites for hydroxylation is 1. The van der Waals surface area contributed by atoms with E-state index in [2.05, 4.69) is 14.3 Å². The maximum Gasteiger partial charge on any atom is 0.341 e.